The number of nitrogens with zero attached hydrogens (tertiary/aromatic N) is 1. The lowest BCUT2D eigenvalue weighted by Gasteiger charge is -2.16. The van der Waals surface area contributed by atoms with Gasteiger partial charge in [-0.3, -0.25) is 9.59 Å². The summed E-state index contributed by atoms with van der Waals surface area (Å²) in [5, 5.41) is 8.98. The number of likely N-dealkylation sites (tertiary alicyclic amines) is 1. The topological polar surface area (TPSA) is 57.6 Å². The van der Waals surface area contributed by atoms with Gasteiger partial charge in [0.1, 0.15) is 0 Å². The van der Waals surface area contributed by atoms with Crippen LogP contribution in [-0.4, -0.2) is 35.0 Å². The van der Waals surface area contributed by atoms with Gasteiger partial charge in [0.15, 0.2) is 11.6 Å². The Bertz CT molecular complexity index is 533. The first-order valence-electron chi connectivity index (χ1n) is 5.88. The standard InChI is InChI=1S/C13H13F2NO3/c1-7-5-16(6-9(7)13(18)19)12(17)8-3-2-4-10(14)11(8)15/h2-4,7,9H,5-6H2,1H3,(H,18,19). The minimum Gasteiger partial charge on any atom is -0.481 e. The maximum absolute atomic E-state index is 13.5. The summed E-state index contributed by atoms with van der Waals surface area (Å²) in [7, 11) is 0. The first-order chi connectivity index (χ1) is 8.91. The van der Waals surface area contributed by atoms with Gasteiger partial charge in [-0.25, -0.2) is 8.78 Å². The van der Waals surface area contributed by atoms with E-state index >= 15 is 0 Å². The fraction of sp³-hybridized carbons (Fsp3) is 0.385. The van der Waals surface area contributed by atoms with Crippen LogP contribution in [0.3, 0.4) is 0 Å². The van der Waals surface area contributed by atoms with Gasteiger partial charge in [-0.15, -0.1) is 0 Å². The van der Waals surface area contributed by atoms with Gasteiger partial charge in [0.25, 0.3) is 5.91 Å². The van der Waals surface area contributed by atoms with Crippen LogP contribution in [0, 0.1) is 23.5 Å². The van der Waals surface area contributed by atoms with Gasteiger partial charge in [0.2, 0.25) is 0 Å². The number of carbonyl (C=O) groups is 2. The highest BCUT2D eigenvalue weighted by Gasteiger charge is 2.37. The van der Waals surface area contributed by atoms with E-state index in [4.69, 9.17) is 5.11 Å². The SMILES string of the molecule is CC1CN(C(=O)c2cccc(F)c2F)CC1C(=O)O. The van der Waals surface area contributed by atoms with Gasteiger partial charge in [0.05, 0.1) is 11.5 Å². The Balaban J connectivity index is 2.22. The number of halogens is 2. The normalized spacial score (nSPS) is 22.6. The molecule has 0 saturated carbocycles. The molecule has 0 aromatic heterocycles. The van der Waals surface area contributed by atoms with Crippen LogP contribution in [0.15, 0.2) is 18.2 Å². The second-order valence-electron chi connectivity index (χ2n) is 4.73. The summed E-state index contributed by atoms with van der Waals surface area (Å²) in [6.45, 7) is 1.96. The minimum absolute atomic E-state index is 0.0191. The summed E-state index contributed by atoms with van der Waals surface area (Å²) in [6.07, 6.45) is 0. The number of amides is 1. The van der Waals surface area contributed by atoms with Crippen molar-refractivity contribution < 1.29 is 23.5 Å². The monoisotopic (exact) mass is 269 g/mol. The van der Waals surface area contributed by atoms with E-state index in [1.54, 1.807) is 6.92 Å². The number of hydrogen-bond donors (Lipinski definition) is 1. The summed E-state index contributed by atoms with van der Waals surface area (Å²) >= 11 is 0. The van der Waals surface area contributed by atoms with Crippen LogP contribution >= 0.6 is 0 Å². The van der Waals surface area contributed by atoms with Crippen LogP contribution in [0.4, 0.5) is 8.78 Å². The van der Waals surface area contributed by atoms with Crippen molar-refractivity contribution in [3.05, 3.63) is 35.4 Å². The Kier molecular flexibility index (Phi) is 3.50. The molecule has 0 spiro atoms. The molecule has 1 N–H and O–H groups in total. The predicted octanol–water partition coefficient (Wildman–Crippen LogP) is 1.76. The summed E-state index contributed by atoms with van der Waals surface area (Å²) < 4.78 is 26.6. The van der Waals surface area contributed by atoms with Gasteiger partial charge in [-0.1, -0.05) is 13.0 Å². The van der Waals surface area contributed by atoms with Gasteiger partial charge in [-0.05, 0) is 18.1 Å². The zero-order valence-electron chi connectivity index (χ0n) is 10.3. The molecule has 6 heteroatoms. The third-order valence-corrected chi connectivity index (χ3v) is 3.40. The molecule has 102 valence electrons. The molecular formula is C13H13F2NO3. The smallest absolute Gasteiger partial charge is 0.308 e. The highest BCUT2D eigenvalue weighted by molar-refractivity contribution is 5.95. The Labute approximate surface area is 108 Å². The molecule has 0 aliphatic carbocycles. The van der Waals surface area contributed by atoms with Crippen molar-refractivity contribution in [1.29, 1.82) is 0 Å². The van der Waals surface area contributed by atoms with Crippen molar-refractivity contribution in [2.24, 2.45) is 11.8 Å². The number of hydrogen-bond acceptors (Lipinski definition) is 2. The molecule has 1 aromatic rings. The van der Waals surface area contributed by atoms with E-state index in [2.05, 4.69) is 0 Å². The second-order valence-corrected chi connectivity index (χ2v) is 4.73. The van der Waals surface area contributed by atoms with Crippen molar-refractivity contribution in [2.75, 3.05) is 13.1 Å². The Hall–Kier alpha value is -1.98. The molecule has 1 aliphatic heterocycles. The molecule has 2 rings (SSSR count). The summed E-state index contributed by atoms with van der Waals surface area (Å²) in [5.74, 6) is -4.82. The zero-order valence-corrected chi connectivity index (χ0v) is 10.3. The number of aliphatic carboxylic acids is 1. The average molecular weight is 269 g/mol. The van der Waals surface area contributed by atoms with Gasteiger partial charge in [-0.2, -0.15) is 0 Å². The molecular weight excluding hydrogens is 256 g/mol. The van der Waals surface area contributed by atoms with E-state index in [9.17, 15) is 18.4 Å². The van der Waals surface area contributed by atoms with Crippen LogP contribution in [0.25, 0.3) is 0 Å². The number of carboxylic acid groups (broad SMARTS) is 1. The molecule has 2 atom stereocenters. The van der Waals surface area contributed by atoms with E-state index in [0.717, 1.165) is 6.07 Å². The van der Waals surface area contributed by atoms with Crippen LogP contribution in [0.1, 0.15) is 17.3 Å². The summed E-state index contributed by atoms with van der Waals surface area (Å²) in [5.41, 5.74) is -0.363. The van der Waals surface area contributed by atoms with E-state index in [1.165, 1.54) is 17.0 Å². The first kappa shape index (κ1) is 13.5. The lowest BCUT2D eigenvalue weighted by Crippen LogP contribution is -2.30. The molecule has 1 aliphatic rings. The van der Waals surface area contributed by atoms with Crippen molar-refractivity contribution in [3.8, 4) is 0 Å². The highest BCUT2D eigenvalue weighted by Crippen LogP contribution is 2.25. The molecule has 4 nitrogen and oxygen atoms in total. The molecule has 19 heavy (non-hydrogen) atoms. The number of carboxylic acids is 1. The lowest BCUT2D eigenvalue weighted by atomic mass is 9.99. The third-order valence-electron chi connectivity index (χ3n) is 3.40. The second kappa shape index (κ2) is 4.95. The summed E-state index contributed by atoms with van der Waals surface area (Å²) in [4.78, 5) is 24.3. The Morgan fingerprint density at radius 3 is 2.58 bits per heavy atom. The number of rotatable bonds is 2. The predicted molar refractivity (Wildman–Crippen MR) is 62.6 cm³/mol. The van der Waals surface area contributed by atoms with Crippen molar-refractivity contribution in [1.82, 2.24) is 4.90 Å². The molecule has 2 unspecified atom stereocenters. The molecule has 0 bridgehead atoms. The van der Waals surface area contributed by atoms with Gasteiger partial charge in [0, 0.05) is 13.1 Å². The molecule has 1 fully saturated rings. The first-order valence-corrected chi connectivity index (χ1v) is 5.88. The summed E-state index contributed by atoms with van der Waals surface area (Å²) in [6, 6.07) is 3.37. The third kappa shape index (κ3) is 2.43. The minimum atomic E-state index is -1.20. The fourth-order valence-electron chi connectivity index (χ4n) is 2.29. The van der Waals surface area contributed by atoms with E-state index in [0.29, 0.717) is 0 Å². The highest BCUT2D eigenvalue weighted by atomic mass is 19.2. The average Bonchev–Trinajstić information content (AvgIpc) is 2.74. The quantitative estimate of drug-likeness (QED) is 0.890. The maximum atomic E-state index is 13.5. The number of carbonyl (C=O) groups excluding carboxylic acids is 1. The van der Waals surface area contributed by atoms with Crippen LogP contribution in [0.5, 0.6) is 0 Å². The van der Waals surface area contributed by atoms with Gasteiger partial charge >= 0.3 is 5.97 Å². The molecule has 1 saturated heterocycles. The molecule has 0 radical (unpaired) electrons. The number of benzene rings is 1. The van der Waals surface area contributed by atoms with Crippen LogP contribution in [0.2, 0.25) is 0 Å². The maximum Gasteiger partial charge on any atom is 0.308 e. The van der Waals surface area contributed by atoms with Crippen molar-refractivity contribution in [3.63, 3.8) is 0 Å². The van der Waals surface area contributed by atoms with Gasteiger partial charge < -0.3 is 10.0 Å². The molecule has 1 heterocycles. The van der Waals surface area contributed by atoms with Crippen molar-refractivity contribution in [2.45, 2.75) is 6.92 Å². The van der Waals surface area contributed by atoms with E-state index < -0.39 is 29.4 Å². The van der Waals surface area contributed by atoms with Crippen molar-refractivity contribution >= 4 is 11.9 Å². The van der Waals surface area contributed by atoms with E-state index in [1.807, 2.05) is 0 Å². The fourth-order valence-corrected chi connectivity index (χ4v) is 2.29. The van der Waals surface area contributed by atoms with Crippen LogP contribution < -0.4 is 0 Å². The van der Waals surface area contributed by atoms with Crippen LogP contribution in [-0.2, 0) is 4.79 Å². The van der Waals surface area contributed by atoms with E-state index in [-0.39, 0.29) is 24.6 Å². The Morgan fingerprint density at radius 2 is 2.00 bits per heavy atom. The molecule has 1 amide bonds. The largest absolute Gasteiger partial charge is 0.481 e. The lowest BCUT2D eigenvalue weighted by molar-refractivity contribution is -0.142. The zero-order chi connectivity index (χ0) is 14.2. The molecule has 1 aromatic carbocycles. The Morgan fingerprint density at radius 1 is 1.32 bits per heavy atom.